The third-order valence-electron chi connectivity index (χ3n) is 3.10. The van der Waals surface area contributed by atoms with Crippen LogP contribution in [0.15, 0.2) is 59.6 Å². The van der Waals surface area contributed by atoms with E-state index in [2.05, 4.69) is 0 Å². The first-order valence-electron chi connectivity index (χ1n) is 5.87. The molecule has 1 heterocycles. The second-order valence-electron chi connectivity index (χ2n) is 4.35. The number of aromatic nitrogens is 1. The van der Waals surface area contributed by atoms with Gasteiger partial charge in [0.25, 0.3) is 10.0 Å². The number of nitrogens with two attached hydrogens (primary N) is 1. The number of nitrogens with zero attached hydrogens (tertiary/aromatic N) is 1. The first-order chi connectivity index (χ1) is 9.50. The van der Waals surface area contributed by atoms with Crippen molar-refractivity contribution in [2.45, 2.75) is 4.90 Å². The van der Waals surface area contributed by atoms with Crippen LogP contribution in [0.25, 0.3) is 10.9 Å². The van der Waals surface area contributed by atoms with E-state index in [0.717, 1.165) is 16.1 Å². The van der Waals surface area contributed by atoms with E-state index >= 15 is 0 Å². The Balaban J connectivity index is 2.24. The Labute approximate surface area is 115 Å². The topological polar surface area (TPSA) is 65.1 Å². The number of anilines is 1. The predicted molar refractivity (Wildman–Crippen MR) is 75.3 cm³/mol. The smallest absolute Gasteiger partial charge is 0.268 e. The molecule has 0 saturated carbocycles. The van der Waals surface area contributed by atoms with Gasteiger partial charge in [-0.3, -0.25) is 0 Å². The van der Waals surface area contributed by atoms with Crippen molar-refractivity contribution in [1.82, 2.24) is 3.97 Å². The van der Waals surface area contributed by atoms with Crippen LogP contribution in [0.3, 0.4) is 0 Å². The lowest BCUT2D eigenvalue weighted by Crippen LogP contribution is -2.11. The van der Waals surface area contributed by atoms with Gasteiger partial charge in [-0.15, -0.1) is 0 Å². The maximum absolute atomic E-state index is 12.9. The van der Waals surface area contributed by atoms with Crippen molar-refractivity contribution >= 4 is 26.6 Å². The van der Waals surface area contributed by atoms with Crippen LogP contribution >= 0.6 is 0 Å². The van der Waals surface area contributed by atoms with E-state index in [1.807, 2.05) is 0 Å². The number of nitrogen functional groups attached to an aromatic ring is 1. The molecule has 0 bridgehead atoms. The summed E-state index contributed by atoms with van der Waals surface area (Å²) in [6.07, 6.45) is 1.44. The molecule has 3 rings (SSSR count). The number of rotatable bonds is 2. The lowest BCUT2D eigenvalue weighted by atomic mass is 10.2. The Hall–Kier alpha value is -2.34. The van der Waals surface area contributed by atoms with Gasteiger partial charge in [-0.25, -0.2) is 16.8 Å². The van der Waals surface area contributed by atoms with Crippen LogP contribution in [0, 0.1) is 5.82 Å². The molecule has 0 radical (unpaired) electrons. The van der Waals surface area contributed by atoms with Crippen molar-refractivity contribution in [2.75, 3.05) is 5.73 Å². The van der Waals surface area contributed by atoms with Crippen molar-refractivity contribution < 1.29 is 12.8 Å². The summed E-state index contributed by atoms with van der Waals surface area (Å²) in [5.41, 5.74) is 6.82. The minimum Gasteiger partial charge on any atom is -0.398 e. The molecule has 0 atom stereocenters. The van der Waals surface area contributed by atoms with E-state index in [-0.39, 0.29) is 4.90 Å². The van der Waals surface area contributed by atoms with E-state index in [9.17, 15) is 12.8 Å². The molecule has 0 saturated heterocycles. The van der Waals surface area contributed by atoms with Crippen molar-refractivity contribution in [3.8, 4) is 0 Å². The summed E-state index contributed by atoms with van der Waals surface area (Å²) in [7, 11) is -3.76. The Kier molecular flexibility index (Phi) is 2.76. The number of hydrogen-bond donors (Lipinski definition) is 1. The second kappa shape index (κ2) is 4.35. The molecular formula is C14H11FN2O2S. The van der Waals surface area contributed by atoms with Crippen LogP contribution in [0.4, 0.5) is 10.1 Å². The summed E-state index contributed by atoms with van der Waals surface area (Å²) in [6.45, 7) is 0. The molecule has 1 aromatic heterocycles. The zero-order valence-electron chi connectivity index (χ0n) is 10.3. The summed E-state index contributed by atoms with van der Waals surface area (Å²) in [4.78, 5) is 0.0267. The highest BCUT2D eigenvalue weighted by molar-refractivity contribution is 7.90. The summed E-state index contributed by atoms with van der Waals surface area (Å²) in [6, 6.07) is 11.4. The van der Waals surface area contributed by atoms with Crippen LogP contribution in [-0.2, 0) is 10.0 Å². The molecule has 0 unspecified atom stereocenters. The minimum atomic E-state index is -3.76. The molecule has 4 nitrogen and oxygen atoms in total. The number of hydrogen-bond acceptors (Lipinski definition) is 3. The first kappa shape index (κ1) is 12.7. The maximum Gasteiger partial charge on any atom is 0.268 e. The maximum atomic E-state index is 12.9. The lowest BCUT2D eigenvalue weighted by Gasteiger charge is -2.07. The lowest BCUT2D eigenvalue weighted by molar-refractivity contribution is 0.588. The third kappa shape index (κ3) is 1.85. The molecule has 20 heavy (non-hydrogen) atoms. The Morgan fingerprint density at radius 2 is 1.70 bits per heavy atom. The van der Waals surface area contributed by atoms with E-state index in [1.165, 1.54) is 18.3 Å². The molecular weight excluding hydrogens is 279 g/mol. The van der Waals surface area contributed by atoms with Crippen LogP contribution in [-0.4, -0.2) is 12.4 Å². The van der Waals surface area contributed by atoms with E-state index in [1.54, 1.807) is 24.3 Å². The molecule has 3 aromatic rings. The predicted octanol–water partition coefficient (Wildman–Crippen LogP) is 2.60. The molecule has 2 aromatic carbocycles. The molecule has 2 N–H and O–H groups in total. The zero-order chi connectivity index (χ0) is 14.3. The van der Waals surface area contributed by atoms with E-state index in [4.69, 9.17) is 5.73 Å². The van der Waals surface area contributed by atoms with Crippen LogP contribution in [0.5, 0.6) is 0 Å². The average molecular weight is 290 g/mol. The van der Waals surface area contributed by atoms with Gasteiger partial charge < -0.3 is 5.73 Å². The summed E-state index contributed by atoms with van der Waals surface area (Å²) in [5.74, 6) is -0.481. The first-order valence-corrected chi connectivity index (χ1v) is 7.31. The van der Waals surface area contributed by atoms with Crippen LogP contribution in [0.1, 0.15) is 0 Å². The average Bonchev–Trinajstić information content (AvgIpc) is 2.85. The molecule has 0 spiro atoms. The highest BCUT2D eigenvalue weighted by Crippen LogP contribution is 2.25. The normalized spacial score (nSPS) is 11.8. The van der Waals surface area contributed by atoms with Crippen LogP contribution < -0.4 is 5.73 Å². The monoisotopic (exact) mass is 290 g/mol. The van der Waals surface area contributed by atoms with Crippen molar-refractivity contribution in [1.29, 1.82) is 0 Å². The summed E-state index contributed by atoms with van der Waals surface area (Å²) >= 11 is 0. The molecule has 0 aliphatic rings. The standard InChI is InChI=1S/C14H11FN2O2S/c15-10-4-6-11(7-5-10)20(18,19)17-9-8-12-13(16)2-1-3-14(12)17/h1-9H,16H2. The summed E-state index contributed by atoms with van der Waals surface area (Å²) in [5, 5.41) is 0.665. The molecule has 102 valence electrons. The Bertz CT molecular complexity index is 883. The fourth-order valence-corrected chi connectivity index (χ4v) is 3.44. The van der Waals surface area contributed by atoms with Gasteiger partial charge in [-0.05, 0) is 42.5 Å². The zero-order valence-corrected chi connectivity index (χ0v) is 11.1. The van der Waals surface area contributed by atoms with Gasteiger partial charge in [0.1, 0.15) is 5.82 Å². The van der Waals surface area contributed by atoms with Gasteiger partial charge in [0.2, 0.25) is 0 Å². The molecule has 0 aliphatic heterocycles. The summed E-state index contributed by atoms with van der Waals surface area (Å²) < 4.78 is 39.1. The van der Waals surface area contributed by atoms with Gasteiger partial charge >= 0.3 is 0 Å². The van der Waals surface area contributed by atoms with Crippen molar-refractivity contribution in [3.05, 3.63) is 60.5 Å². The van der Waals surface area contributed by atoms with Gasteiger partial charge in [0, 0.05) is 17.3 Å². The SMILES string of the molecule is Nc1cccc2c1ccn2S(=O)(=O)c1ccc(F)cc1. The number of halogens is 1. The highest BCUT2D eigenvalue weighted by Gasteiger charge is 2.19. The molecule has 6 heteroatoms. The minimum absolute atomic E-state index is 0.0267. The fraction of sp³-hybridized carbons (Fsp3) is 0. The van der Waals surface area contributed by atoms with Gasteiger partial charge in [0.05, 0.1) is 10.4 Å². The Morgan fingerprint density at radius 3 is 2.40 bits per heavy atom. The van der Waals surface area contributed by atoms with Gasteiger partial charge in [-0.2, -0.15) is 0 Å². The Morgan fingerprint density at radius 1 is 1.00 bits per heavy atom. The fourth-order valence-electron chi connectivity index (χ4n) is 2.10. The van der Waals surface area contributed by atoms with E-state index in [0.29, 0.717) is 16.6 Å². The van der Waals surface area contributed by atoms with Crippen LogP contribution in [0.2, 0.25) is 0 Å². The highest BCUT2D eigenvalue weighted by atomic mass is 32.2. The van der Waals surface area contributed by atoms with Gasteiger partial charge in [0.15, 0.2) is 0 Å². The molecule has 0 aliphatic carbocycles. The van der Waals surface area contributed by atoms with E-state index < -0.39 is 15.8 Å². The van der Waals surface area contributed by atoms with Crippen molar-refractivity contribution in [3.63, 3.8) is 0 Å². The second-order valence-corrected chi connectivity index (χ2v) is 6.17. The largest absolute Gasteiger partial charge is 0.398 e. The quantitative estimate of drug-likeness (QED) is 0.738. The molecule has 0 fully saturated rings. The number of benzene rings is 2. The molecule has 0 amide bonds. The number of fused-ring (bicyclic) bond motifs is 1. The third-order valence-corrected chi connectivity index (χ3v) is 4.81. The van der Waals surface area contributed by atoms with Crippen molar-refractivity contribution in [2.24, 2.45) is 0 Å². The van der Waals surface area contributed by atoms with Gasteiger partial charge in [-0.1, -0.05) is 6.07 Å².